The molecule has 0 N–H and O–H groups in total. The molecule has 0 aliphatic carbocycles. The van der Waals surface area contributed by atoms with Gasteiger partial charge in [0.2, 0.25) is 5.89 Å². The Morgan fingerprint density at radius 3 is 1.61 bits per heavy atom. The Bertz CT molecular complexity index is 2900. The summed E-state index contributed by atoms with van der Waals surface area (Å²) < 4.78 is 6.58. The minimum atomic E-state index is 0.625. The third-order valence-electron chi connectivity index (χ3n) is 10.3. The molecule has 0 atom stereocenters. The zero-order valence-corrected chi connectivity index (χ0v) is 29.4. The van der Waals surface area contributed by atoms with Crippen LogP contribution in [0.15, 0.2) is 211 Å². The van der Waals surface area contributed by atoms with Crippen molar-refractivity contribution in [2.45, 2.75) is 0 Å². The summed E-state index contributed by atoms with van der Waals surface area (Å²) in [5.74, 6) is 0.625. The smallest absolute Gasteiger partial charge is 0.227 e. The summed E-state index contributed by atoms with van der Waals surface area (Å²) in [6.07, 6.45) is 0. The van der Waals surface area contributed by atoms with Crippen LogP contribution in [0.4, 0.5) is 17.1 Å². The number of oxazole rings is 1. The summed E-state index contributed by atoms with van der Waals surface area (Å²) in [4.78, 5) is 7.26. The van der Waals surface area contributed by atoms with Gasteiger partial charge >= 0.3 is 0 Å². The molecule has 0 aliphatic rings. The molecule has 0 amide bonds. The number of hydrogen-bond donors (Lipinski definition) is 0. The normalized spacial score (nSPS) is 11.3. The number of benzene rings is 9. The molecule has 0 spiro atoms. The highest BCUT2D eigenvalue weighted by molar-refractivity contribution is 6.18. The van der Waals surface area contributed by atoms with Gasteiger partial charge in [-0.1, -0.05) is 152 Å². The Hall–Kier alpha value is -7.23. The van der Waals surface area contributed by atoms with Crippen LogP contribution in [0.25, 0.3) is 77.5 Å². The average molecular weight is 691 g/mol. The molecular formula is C51H34N2O. The van der Waals surface area contributed by atoms with Gasteiger partial charge in [0.15, 0.2) is 5.58 Å². The van der Waals surface area contributed by atoms with E-state index >= 15 is 0 Å². The fourth-order valence-electron chi connectivity index (χ4n) is 7.63. The second kappa shape index (κ2) is 13.4. The van der Waals surface area contributed by atoms with Crippen LogP contribution in [0, 0.1) is 0 Å². The highest BCUT2D eigenvalue weighted by Crippen LogP contribution is 2.43. The van der Waals surface area contributed by atoms with Crippen molar-refractivity contribution < 1.29 is 4.42 Å². The fraction of sp³-hybridized carbons (Fsp3) is 0. The first-order chi connectivity index (χ1) is 26.8. The lowest BCUT2D eigenvalue weighted by Gasteiger charge is -2.27. The van der Waals surface area contributed by atoms with Crippen molar-refractivity contribution in [3.63, 3.8) is 0 Å². The summed E-state index contributed by atoms with van der Waals surface area (Å²) in [5, 5.41) is 4.43. The van der Waals surface area contributed by atoms with E-state index in [1.807, 2.05) is 30.3 Å². The summed E-state index contributed by atoms with van der Waals surface area (Å²) >= 11 is 0. The van der Waals surface area contributed by atoms with Crippen LogP contribution in [0.5, 0.6) is 0 Å². The van der Waals surface area contributed by atoms with Gasteiger partial charge in [-0.25, -0.2) is 4.98 Å². The van der Waals surface area contributed by atoms with Crippen LogP contribution in [-0.4, -0.2) is 4.98 Å². The topological polar surface area (TPSA) is 29.3 Å². The number of rotatable bonds is 7. The van der Waals surface area contributed by atoms with Crippen molar-refractivity contribution in [3.05, 3.63) is 206 Å². The van der Waals surface area contributed by atoms with Crippen LogP contribution < -0.4 is 4.90 Å². The maximum atomic E-state index is 6.58. The lowest BCUT2D eigenvalue weighted by atomic mass is 9.92. The number of anilines is 3. The van der Waals surface area contributed by atoms with Gasteiger partial charge in [0, 0.05) is 28.0 Å². The van der Waals surface area contributed by atoms with Gasteiger partial charge in [0.1, 0.15) is 5.52 Å². The van der Waals surface area contributed by atoms with E-state index in [0.717, 1.165) is 60.8 Å². The molecule has 54 heavy (non-hydrogen) atoms. The summed E-state index contributed by atoms with van der Waals surface area (Å²) in [7, 11) is 0. The van der Waals surface area contributed by atoms with E-state index in [2.05, 4.69) is 181 Å². The van der Waals surface area contributed by atoms with E-state index in [1.54, 1.807) is 0 Å². The van der Waals surface area contributed by atoms with Gasteiger partial charge in [-0.3, -0.25) is 0 Å². The second-order valence-electron chi connectivity index (χ2n) is 13.6. The van der Waals surface area contributed by atoms with E-state index in [-0.39, 0.29) is 0 Å². The molecule has 10 aromatic rings. The van der Waals surface area contributed by atoms with Crippen LogP contribution in [0.1, 0.15) is 0 Å². The predicted octanol–water partition coefficient (Wildman–Crippen LogP) is 14.3. The van der Waals surface area contributed by atoms with Crippen LogP contribution >= 0.6 is 0 Å². The first kappa shape index (κ1) is 31.5. The largest absolute Gasteiger partial charge is 0.435 e. The summed E-state index contributed by atoms with van der Waals surface area (Å²) in [5.41, 5.74) is 12.9. The number of aromatic nitrogens is 1. The molecule has 0 aliphatic heterocycles. The Morgan fingerprint density at radius 2 is 0.889 bits per heavy atom. The predicted molar refractivity (Wildman–Crippen MR) is 225 cm³/mol. The van der Waals surface area contributed by atoms with Crippen molar-refractivity contribution in [3.8, 4) is 44.8 Å². The van der Waals surface area contributed by atoms with Gasteiger partial charge in [-0.2, -0.15) is 0 Å². The van der Waals surface area contributed by atoms with E-state index in [4.69, 9.17) is 9.40 Å². The SMILES string of the molecule is c1ccc(-c2ccc(-c3cc(N(c4ccccc4)c4ccc5ccc6ccc7nc(-c8ccccc8)oc7c6c5c4)ccc3-c3ccccc3)cc2)cc1. The van der Waals surface area contributed by atoms with Crippen molar-refractivity contribution >= 4 is 49.7 Å². The quantitative estimate of drug-likeness (QED) is 0.156. The van der Waals surface area contributed by atoms with Crippen LogP contribution in [0.2, 0.25) is 0 Å². The Morgan fingerprint density at radius 1 is 0.370 bits per heavy atom. The lowest BCUT2D eigenvalue weighted by molar-refractivity contribution is 0.623. The van der Waals surface area contributed by atoms with Gasteiger partial charge in [-0.05, 0) is 104 Å². The highest BCUT2D eigenvalue weighted by atomic mass is 16.3. The minimum Gasteiger partial charge on any atom is -0.435 e. The Labute approximate surface area is 314 Å². The Kier molecular flexibility index (Phi) is 7.81. The average Bonchev–Trinajstić information content (AvgIpc) is 3.70. The first-order valence-electron chi connectivity index (χ1n) is 18.3. The third-order valence-corrected chi connectivity index (χ3v) is 10.3. The zero-order valence-electron chi connectivity index (χ0n) is 29.4. The zero-order chi connectivity index (χ0) is 35.8. The molecule has 3 heteroatoms. The van der Waals surface area contributed by atoms with Gasteiger partial charge in [-0.15, -0.1) is 0 Å². The number of hydrogen-bond acceptors (Lipinski definition) is 3. The molecule has 0 saturated carbocycles. The molecule has 0 unspecified atom stereocenters. The molecule has 254 valence electrons. The van der Waals surface area contributed by atoms with E-state index in [9.17, 15) is 0 Å². The first-order valence-corrected chi connectivity index (χ1v) is 18.3. The molecule has 9 aromatic carbocycles. The molecule has 0 bridgehead atoms. The molecule has 0 radical (unpaired) electrons. The van der Waals surface area contributed by atoms with E-state index in [1.165, 1.54) is 27.8 Å². The molecule has 1 aromatic heterocycles. The number of fused-ring (bicyclic) bond motifs is 5. The number of nitrogens with zero attached hydrogens (tertiary/aromatic N) is 2. The lowest BCUT2D eigenvalue weighted by Crippen LogP contribution is -2.10. The number of para-hydroxylation sites is 1. The maximum absolute atomic E-state index is 6.58. The molecular weight excluding hydrogens is 657 g/mol. The molecule has 0 saturated heterocycles. The second-order valence-corrected chi connectivity index (χ2v) is 13.6. The molecule has 0 fully saturated rings. The highest BCUT2D eigenvalue weighted by Gasteiger charge is 2.19. The van der Waals surface area contributed by atoms with Crippen LogP contribution in [-0.2, 0) is 0 Å². The van der Waals surface area contributed by atoms with E-state index in [0.29, 0.717) is 5.89 Å². The Balaban J connectivity index is 1.16. The van der Waals surface area contributed by atoms with Gasteiger partial charge in [0.25, 0.3) is 0 Å². The summed E-state index contributed by atoms with van der Waals surface area (Å²) in [6, 6.07) is 73.0. The van der Waals surface area contributed by atoms with Crippen molar-refractivity contribution in [2.75, 3.05) is 4.90 Å². The van der Waals surface area contributed by atoms with Gasteiger partial charge < -0.3 is 9.32 Å². The van der Waals surface area contributed by atoms with Gasteiger partial charge in [0.05, 0.1) is 0 Å². The standard InChI is InChI=1S/C51H34N2O/c1-5-13-35(14-6-1)36-21-23-38(24-22-36)46-33-44(30-31-45(46)37-15-7-2-8-16-37)53(42-19-11-4-12-20-42)43-29-27-39-25-26-40-28-32-48-50(49(40)47(39)34-43)54-51(52-48)41-17-9-3-10-18-41/h1-34H. The maximum Gasteiger partial charge on any atom is 0.227 e. The van der Waals surface area contributed by atoms with E-state index < -0.39 is 0 Å². The fourth-order valence-corrected chi connectivity index (χ4v) is 7.63. The van der Waals surface area contributed by atoms with Crippen LogP contribution in [0.3, 0.4) is 0 Å². The molecule has 1 heterocycles. The molecule has 10 rings (SSSR count). The van der Waals surface area contributed by atoms with Crippen molar-refractivity contribution in [1.82, 2.24) is 4.98 Å². The third kappa shape index (κ3) is 5.69. The van der Waals surface area contributed by atoms with Crippen molar-refractivity contribution in [2.24, 2.45) is 0 Å². The molecule has 3 nitrogen and oxygen atoms in total. The minimum absolute atomic E-state index is 0.625. The monoisotopic (exact) mass is 690 g/mol. The van der Waals surface area contributed by atoms with Crippen molar-refractivity contribution in [1.29, 1.82) is 0 Å². The summed E-state index contributed by atoms with van der Waals surface area (Å²) in [6.45, 7) is 0.